The maximum absolute atomic E-state index is 12.8. The number of likely N-dealkylation sites (tertiary alicyclic amines) is 1. The van der Waals surface area contributed by atoms with Gasteiger partial charge in [0.05, 0.1) is 0 Å². The summed E-state index contributed by atoms with van der Waals surface area (Å²) in [5, 5.41) is 0. The number of rotatable bonds is 3. The normalized spacial score (nSPS) is 23.9. The van der Waals surface area contributed by atoms with Crippen LogP contribution in [0, 0.1) is 5.92 Å². The van der Waals surface area contributed by atoms with E-state index in [0.29, 0.717) is 18.5 Å². The summed E-state index contributed by atoms with van der Waals surface area (Å²) in [5.74, 6) is 0.617. The first-order valence-corrected chi connectivity index (χ1v) is 7.24. The highest BCUT2D eigenvalue weighted by Gasteiger charge is 2.32. The third-order valence-electron chi connectivity index (χ3n) is 4.17. The molecular weight excluding hydrogens is 238 g/mol. The first kappa shape index (κ1) is 14.1. The topological polar surface area (TPSA) is 51.3 Å². The average molecular weight is 263 g/mol. The van der Waals surface area contributed by atoms with Gasteiger partial charge in [0.15, 0.2) is 0 Å². The van der Waals surface area contributed by atoms with Gasteiger partial charge < -0.3 is 15.2 Å². The van der Waals surface area contributed by atoms with E-state index < -0.39 is 0 Å². The van der Waals surface area contributed by atoms with Gasteiger partial charge in [-0.05, 0) is 44.7 Å². The number of piperidine rings is 1. The summed E-state index contributed by atoms with van der Waals surface area (Å²) in [4.78, 5) is 14.7. The molecule has 4 heteroatoms. The van der Waals surface area contributed by atoms with Crippen LogP contribution in [0.2, 0.25) is 0 Å². The summed E-state index contributed by atoms with van der Waals surface area (Å²) in [5.41, 5.74) is 6.65. The molecule has 0 spiro atoms. The van der Waals surface area contributed by atoms with E-state index in [0.717, 1.165) is 25.1 Å². The molecule has 1 aromatic heterocycles. The van der Waals surface area contributed by atoms with Gasteiger partial charge >= 0.3 is 0 Å². The highest BCUT2D eigenvalue weighted by molar-refractivity contribution is 5.93. The van der Waals surface area contributed by atoms with Crippen molar-refractivity contribution in [3.63, 3.8) is 0 Å². The monoisotopic (exact) mass is 263 g/mol. The second-order valence-electron chi connectivity index (χ2n) is 5.82. The Morgan fingerprint density at radius 1 is 1.53 bits per heavy atom. The van der Waals surface area contributed by atoms with Crippen LogP contribution < -0.4 is 5.73 Å². The maximum Gasteiger partial charge on any atom is 0.270 e. The Labute approximate surface area is 115 Å². The first-order chi connectivity index (χ1) is 9.06. The molecule has 0 aliphatic carbocycles. The number of nitrogens with two attached hydrogens (primary N) is 1. The Bertz CT molecular complexity index is 438. The Hall–Kier alpha value is -1.29. The molecule has 0 aromatic carbocycles. The number of carbonyl (C=O) groups is 1. The third-order valence-corrected chi connectivity index (χ3v) is 4.17. The molecule has 0 radical (unpaired) electrons. The largest absolute Gasteiger partial charge is 0.341 e. The molecule has 2 N–H and O–H groups in total. The smallest absolute Gasteiger partial charge is 0.270 e. The van der Waals surface area contributed by atoms with E-state index in [1.807, 2.05) is 27.8 Å². The summed E-state index contributed by atoms with van der Waals surface area (Å²) >= 11 is 0. The number of carbonyl (C=O) groups excluding carboxylic acids is 1. The van der Waals surface area contributed by atoms with Crippen molar-refractivity contribution in [1.29, 1.82) is 0 Å². The van der Waals surface area contributed by atoms with Crippen molar-refractivity contribution >= 4 is 5.91 Å². The van der Waals surface area contributed by atoms with Gasteiger partial charge in [0.25, 0.3) is 5.91 Å². The number of hydrogen-bond acceptors (Lipinski definition) is 2. The molecule has 19 heavy (non-hydrogen) atoms. The van der Waals surface area contributed by atoms with Gasteiger partial charge in [0.2, 0.25) is 0 Å². The highest BCUT2D eigenvalue weighted by atomic mass is 16.2. The molecule has 4 nitrogen and oxygen atoms in total. The lowest BCUT2D eigenvalue weighted by Gasteiger charge is -2.39. The number of aromatic nitrogens is 1. The van der Waals surface area contributed by atoms with E-state index in [1.165, 1.54) is 0 Å². The van der Waals surface area contributed by atoms with Gasteiger partial charge in [-0.1, -0.05) is 6.92 Å². The first-order valence-electron chi connectivity index (χ1n) is 7.24. The minimum atomic E-state index is 0.126. The minimum absolute atomic E-state index is 0.126. The van der Waals surface area contributed by atoms with E-state index in [4.69, 9.17) is 5.73 Å². The molecular formula is C15H25N3O. The molecule has 1 aliphatic rings. The molecule has 0 bridgehead atoms. The van der Waals surface area contributed by atoms with Crippen molar-refractivity contribution in [1.82, 2.24) is 9.47 Å². The zero-order chi connectivity index (χ0) is 14.0. The molecule has 2 heterocycles. The van der Waals surface area contributed by atoms with Crippen LogP contribution in [0.1, 0.15) is 50.1 Å². The molecule has 2 rings (SSSR count). The second kappa shape index (κ2) is 5.78. The zero-order valence-electron chi connectivity index (χ0n) is 12.2. The van der Waals surface area contributed by atoms with Gasteiger partial charge in [-0.25, -0.2) is 0 Å². The van der Waals surface area contributed by atoms with Crippen molar-refractivity contribution in [2.75, 3.05) is 13.1 Å². The van der Waals surface area contributed by atoms with Crippen LogP contribution in [0.4, 0.5) is 0 Å². The highest BCUT2D eigenvalue weighted by Crippen LogP contribution is 2.25. The van der Waals surface area contributed by atoms with Crippen molar-refractivity contribution in [3.05, 3.63) is 24.0 Å². The lowest BCUT2D eigenvalue weighted by molar-refractivity contribution is 0.0520. The standard InChI is InChI=1S/C15H25N3O/c1-11(2)17-8-5-7-13(17)15(19)18-9-4-6-12(3)14(18)10-16/h5,7-8,11-12,14H,4,6,9-10,16H2,1-3H3. The predicted molar refractivity (Wildman–Crippen MR) is 77.1 cm³/mol. The molecule has 1 aromatic rings. The van der Waals surface area contributed by atoms with Crippen molar-refractivity contribution in [2.45, 2.75) is 45.7 Å². The average Bonchev–Trinajstić information content (AvgIpc) is 2.86. The van der Waals surface area contributed by atoms with Crippen LogP contribution in [-0.2, 0) is 0 Å². The number of amides is 1. The van der Waals surface area contributed by atoms with E-state index in [2.05, 4.69) is 20.8 Å². The van der Waals surface area contributed by atoms with Crippen LogP contribution in [0.3, 0.4) is 0 Å². The Kier molecular flexibility index (Phi) is 4.30. The Morgan fingerprint density at radius 2 is 2.26 bits per heavy atom. The molecule has 1 saturated heterocycles. The number of nitrogens with zero attached hydrogens (tertiary/aromatic N) is 2. The summed E-state index contributed by atoms with van der Waals surface area (Å²) in [7, 11) is 0. The van der Waals surface area contributed by atoms with E-state index in [1.54, 1.807) is 0 Å². The van der Waals surface area contributed by atoms with Crippen LogP contribution in [0.5, 0.6) is 0 Å². The Morgan fingerprint density at radius 3 is 2.89 bits per heavy atom. The second-order valence-corrected chi connectivity index (χ2v) is 5.82. The molecule has 106 valence electrons. The van der Waals surface area contributed by atoms with Crippen LogP contribution in [0.15, 0.2) is 18.3 Å². The molecule has 1 aliphatic heterocycles. The van der Waals surface area contributed by atoms with Crippen LogP contribution in [0.25, 0.3) is 0 Å². The zero-order valence-corrected chi connectivity index (χ0v) is 12.2. The van der Waals surface area contributed by atoms with Crippen LogP contribution >= 0.6 is 0 Å². The van der Waals surface area contributed by atoms with E-state index in [-0.39, 0.29) is 11.9 Å². The fourth-order valence-corrected chi connectivity index (χ4v) is 3.03. The Balaban J connectivity index is 2.24. The lowest BCUT2D eigenvalue weighted by Crippen LogP contribution is -2.51. The van der Waals surface area contributed by atoms with Gasteiger partial charge in [0, 0.05) is 31.4 Å². The molecule has 1 amide bonds. The molecule has 2 atom stereocenters. The summed E-state index contributed by atoms with van der Waals surface area (Å²) in [6.45, 7) is 7.76. The summed E-state index contributed by atoms with van der Waals surface area (Å²) in [6, 6.07) is 4.33. The van der Waals surface area contributed by atoms with Gasteiger partial charge in [-0.15, -0.1) is 0 Å². The van der Waals surface area contributed by atoms with Gasteiger partial charge in [-0.2, -0.15) is 0 Å². The van der Waals surface area contributed by atoms with Crippen LogP contribution in [-0.4, -0.2) is 34.5 Å². The minimum Gasteiger partial charge on any atom is -0.341 e. The lowest BCUT2D eigenvalue weighted by atomic mass is 9.90. The van der Waals surface area contributed by atoms with E-state index in [9.17, 15) is 4.79 Å². The predicted octanol–water partition coefficient (Wildman–Crippen LogP) is 2.27. The number of hydrogen-bond donors (Lipinski definition) is 1. The quantitative estimate of drug-likeness (QED) is 0.909. The van der Waals surface area contributed by atoms with Gasteiger partial charge in [0.1, 0.15) is 5.69 Å². The third kappa shape index (κ3) is 2.68. The fourth-order valence-electron chi connectivity index (χ4n) is 3.03. The summed E-state index contributed by atoms with van der Waals surface area (Å²) in [6.07, 6.45) is 4.21. The molecule has 2 unspecified atom stereocenters. The maximum atomic E-state index is 12.8. The van der Waals surface area contributed by atoms with Gasteiger partial charge in [-0.3, -0.25) is 4.79 Å². The van der Waals surface area contributed by atoms with E-state index >= 15 is 0 Å². The van der Waals surface area contributed by atoms with Crippen molar-refractivity contribution in [2.24, 2.45) is 11.7 Å². The van der Waals surface area contributed by atoms with Crippen molar-refractivity contribution < 1.29 is 4.79 Å². The van der Waals surface area contributed by atoms with Crippen molar-refractivity contribution in [3.8, 4) is 0 Å². The summed E-state index contributed by atoms with van der Waals surface area (Å²) < 4.78 is 2.04. The SMILES string of the molecule is CC1CCCN(C(=O)c2cccn2C(C)C)C1CN. The molecule has 1 fully saturated rings. The fraction of sp³-hybridized carbons (Fsp3) is 0.667. The molecule has 0 saturated carbocycles.